The van der Waals surface area contributed by atoms with E-state index >= 15 is 0 Å². The van der Waals surface area contributed by atoms with Gasteiger partial charge < -0.3 is 4.42 Å². The van der Waals surface area contributed by atoms with Crippen molar-refractivity contribution in [2.75, 3.05) is 0 Å². The van der Waals surface area contributed by atoms with Crippen molar-refractivity contribution in [1.29, 1.82) is 0 Å². The first-order valence-electron chi connectivity index (χ1n) is 4.27. The molecule has 0 aromatic carbocycles. The van der Waals surface area contributed by atoms with Crippen LogP contribution in [0.4, 0.5) is 0 Å². The molecule has 0 saturated heterocycles. The SMILES string of the molecule is O=C(CC(=O)c1nccs1)c1ccco1. The number of hydrogen-bond acceptors (Lipinski definition) is 5. The van der Waals surface area contributed by atoms with E-state index in [0.717, 1.165) is 0 Å². The maximum Gasteiger partial charge on any atom is 0.205 e. The Morgan fingerprint density at radius 3 is 2.87 bits per heavy atom. The number of nitrogens with zero attached hydrogens (tertiary/aromatic N) is 1. The normalized spacial score (nSPS) is 10.1. The van der Waals surface area contributed by atoms with E-state index in [1.165, 1.54) is 29.9 Å². The van der Waals surface area contributed by atoms with Crippen molar-refractivity contribution in [2.24, 2.45) is 0 Å². The fourth-order valence-electron chi connectivity index (χ4n) is 1.11. The molecule has 0 atom stereocenters. The molecule has 0 fully saturated rings. The highest BCUT2D eigenvalue weighted by Crippen LogP contribution is 2.11. The molecular weight excluding hydrogens is 214 g/mol. The number of hydrogen-bond donors (Lipinski definition) is 0. The van der Waals surface area contributed by atoms with Crippen LogP contribution in [0, 0.1) is 0 Å². The number of ketones is 2. The topological polar surface area (TPSA) is 60.2 Å². The molecule has 0 aliphatic carbocycles. The summed E-state index contributed by atoms with van der Waals surface area (Å²) in [7, 11) is 0. The highest BCUT2D eigenvalue weighted by molar-refractivity contribution is 7.11. The lowest BCUT2D eigenvalue weighted by atomic mass is 10.2. The molecule has 0 bridgehead atoms. The predicted octanol–water partition coefficient (Wildman–Crippen LogP) is 2.19. The minimum absolute atomic E-state index is 0.193. The maximum absolute atomic E-state index is 11.5. The number of carbonyl (C=O) groups excluding carboxylic acids is 2. The van der Waals surface area contributed by atoms with Crippen LogP contribution in [0.3, 0.4) is 0 Å². The molecule has 0 spiro atoms. The fourth-order valence-corrected chi connectivity index (χ4v) is 1.68. The Hall–Kier alpha value is -1.75. The molecule has 0 aliphatic rings. The van der Waals surface area contributed by atoms with Crippen molar-refractivity contribution in [3.63, 3.8) is 0 Å². The van der Waals surface area contributed by atoms with Crippen LogP contribution in [-0.2, 0) is 0 Å². The molecule has 0 amide bonds. The van der Waals surface area contributed by atoms with Crippen molar-refractivity contribution in [3.05, 3.63) is 40.7 Å². The second-order valence-corrected chi connectivity index (χ2v) is 3.73. The summed E-state index contributed by atoms with van der Waals surface area (Å²) in [6, 6.07) is 3.15. The molecule has 0 radical (unpaired) electrons. The summed E-state index contributed by atoms with van der Waals surface area (Å²) in [6.07, 6.45) is 2.75. The van der Waals surface area contributed by atoms with Gasteiger partial charge in [0, 0.05) is 11.6 Å². The first-order valence-corrected chi connectivity index (χ1v) is 5.15. The van der Waals surface area contributed by atoms with Crippen LogP contribution < -0.4 is 0 Å². The minimum atomic E-state index is -0.319. The van der Waals surface area contributed by atoms with Gasteiger partial charge in [-0.25, -0.2) is 4.98 Å². The van der Waals surface area contributed by atoms with Gasteiger partial charge in [-0.3, -0.25) is 9.59 Å². The summed E-state index contributed by atoms with van der Waals surface area (Å²) in [5.74, 6) is -0.383. The molecule has 5 heteroatoms. The smallest absolute Gasteiger partial charge is 0.205 e. The van der Waals surface area contributed by atoms with E-state index in [9.17, 15) is 9.59 Å². The van der Waals surface area contributed by atoms with Crippen LogP contribution in [0.15, 0.2) is 34.4 Å². The highest BCUT2D eigenvalue weighted by atomic mass is 32.1. The Bertz CT molecular complexity index is 415. The summed E-state index contributed by atoms with van der Waals surface area (Å²) in [5, 5.41) is 2.06. The number of carbonyl (C=O) groups is 2. The zero-order chi connectivity index (χ0) is 10.7. The molecule has 0 aliphatic heterocycles. The van der Waals surface area contributed by atoms with Crippen LogP contribution in [0.5, 0.6) is 0 Å². The Balaban J connectivity index is 2.04. The van der Waals surface area contributed by atoms with Gasteiger partial charge in [0.15, 0.2) is 16.6 Å². The molecule has 4 nitrogen and oxygen atoms in total. The van der Waals surface area contributed by atoms with Crippen LogP contribution in [0.25, 0.3) is 0 Å². The third kappa shape index (κ3) is 2.19. The second kappa shape index (κ2) is 4.18. The van der Waals surface area contributed by atoms with E-state index in [4.69, 9.17) is 4.42 Å². The van der Waals surface area contributed by atoms with Gasteiger partial charge in [0.2, 0.25) is 5.78 Å². The molecule has 0 unspecified atom stereocenters. The number of Topliss-reactive ketones (excluding diaryl/α,β-unsaturated/α-hetero) is 2. The van der Waals surface area contributed by atoms with Crippen LogP contribution in [-0.4, -0.2) is 16.6 Å². The lowest BCUT2D eigenvalue weighted by Crippen LogP contribution is -2.07. The Labute approximate surface area is 89.6 Å². The molecule has 2 aromatic rings. The maximum atomic E-state index is 11.5. The van der Waals surface area contributed by atoms with Crippen molar-refractivity contribution >= 4 is 22.9 Å². The average molecular weight is 221 g/mol. The number of thiazole rings is 1. The van der Waals surface area contributed by atoms with Gasteiger partial charge in [-0.15, -0.1) is 11.3 Å². The molecule has 2 rings (SSSR count). The molecule has 0 N–H and O–H groups in total. The first kappa shape index (κ1) is 9.79. The van der Waals surface area contributed by atoms with Crippen LogP contribution in [0.1, 0.15) is 26.8 Å². The molecule has 76 valence electrons. The summed E-state index contributed by atoms with van der Waals surface area (Å²) in [6.45, 7) is 0. The molecular formula is C10H7NO3S. The standard InChI is InChI=1S/C10H7NO3S/c12-7(9-2-1-4-14-9)6-8(13)10-11-3-5-15-10/h1-5H,6H2. The third-order valence-electron chi connectivity index (χ3n) is 1.79. The largest absolute Gasteiger partial charge is 0.461 e. The zero-order valence-corrected chi connectivity index (χ0v) is 8.49. The number of furan rings is 1. The Morgan fingerprint density at radius 2 is 2.27 bits per heavy atom. The average Bonchev–Trinajstić information content (AvgIpc) is 2.91. The highest BCUT2D eigenvalue weighted by Gasteiger charge is 2.16. The van der Waals surface area contributed by atoms with E-state index in [1.54, 1.807) is 11.4 Å². The predicted molar refractivity (Wildman–Crippen MR) is 54.1 cm³/mol. The van der Waals surface area contributed by atoms with Crippen LogP contribution >= 0.6 is 11.3 Å². The van der Waals surface area contributed by atoms with Gasteiger partial charge in [0.25, 0.3) is 0 Å². The van der Waals surface area contributed by atoms with Crippen molar-refractivity contribution in [2.45, 2.75) is 6.42 Å². The van der Waals surface area contributed by atoms with Gasteiger partial charge in [0.05, 0.1) is 12.7 Å². The Kier molecular flexibility index (Phi) is 2.73. The van der Waals surface area contributed by atoms with Gasteiger partial charge in [-0.1, -0.05) is 0 Å². The van der Waals surface area contributed by atoms with E-state index in [2.05, 4.69) is 4.98 Å². The molecule has 15 heavy (non-hydrogen) atoms. The number of aromatic nitrogens is 1. The minimum Gasteiger partial charge on any atom is -0.461 e. The lowest BCUT2D eigenvalue weighted by molar-refractivity contribution is 0.0878. The fraction of sp³-hybridized carbons (Fsp3) is 0.100. The summed E-state index contributed by atoms with van der Waals surface area (Å²) in [5.41, 5.74) is 0. The van der Waals surface area contributed by atoms with E-state index in [1.807, 2.05) is 0 Å². The summed E-state index contributed by atoms with van der Waals surface area (Å²) < 4.78 is 4.89. The quantitative estimate of drug-likeness (QED) is 0.586. The molecule has 2 heterocycles. The van der Waals surface area contributed by atoms with Crippen LogP contribution in [0.2, 0.25) is 0 Å². The van der Waals surface area contributed by atoms with E-state index in [0.29, 0.717) is 5.01 Å². The zero-order valence-electron chi connectivity index (χ0n) is 7.67. The third-order valence-corrected chi connectivity index (χ3v) is 2.60. The molecule has 0 saturated carbocycles. The lowest BCUT2D eigenvalue weighted by Gasteiger charge is -1.93. The van der Waals surface area contributed by atoms with E-state index in [-0.39, 0.29) is 23.7 Å². The van der Waals surface area contributed by atoms with Gasteiger partial charge in [-0.05, 0) is 12.1 Å². The summed E-state index contributed by atoms with van der Waals surface area (Å²) >= 11 is 1.23. The summed E-state index contributed by atoms with van der Waals surface area (Å²) in [4.78, 5) is 26.8. The van der Waals surface area contributed by atoms with Crippen molar-refractivity contribution < 1.29 is 14.0 Å². The Morgan fingerprint density at radius 1 is 1.40 bits per heavy atom. The van der Waals surface area contributed by atoms with Crippen molar-refractivity contribution in [3.8, 4) is 0 Å². The second-order valence-electron chi connectivity index (χ2n) is 2.84. The van der Waals surface area contributed by atoms with Crippen molar-refractivity contribution in [1.82, 2.24) is 4.98 Å². The van der Waals surface area contributed by atoms with Gasteiger partial charge in [0.1, 0.15) is 0 Å². The number of rotatable bonds is 4. The van der Waals surface area contributed by atoms with Gasteiger partial charge in [-0.2, -0.15) is 0 Å². The monoisotopic (exact) mass is 221 g/mol. The van der Waals surface area contributed by atoms with Gasteiger partial charge >= 0.3 is 0 Å². The van der Waals surface area contributed by atoms with E-state index < -0.39 is 0 Å². The first-order chi connectivity index (χ1) is 7.27. The molecule has 2 aromatic heterocycles.